The van der Waals surface area contributed by atoms with Gasteiger partial charge in [0.15, 0.2) is 5.89 Å². The topological polar surface area (TPSA) is 46.3 Å². The van der Waals surface area contributed by atoms with Gasteiger partial charge in [0.05, 0.1) is 5.69 Å². The molecule has 0 saturated carbocycles. The Morgan fingerprint density at radius 3 is 2.71 bits per heavy atom. The van der Waals surface area contributed by atoms with Gasteiger partial charge in [0.2, 0.25) is 5.76 Å². The predicted octanol–water partition coefficient (Wildman–Crippen LogP) is 2.91. The molecule has 1 aromatic heterocycles. The average molecular weight is 284 g/mol. The van der Waals surface area contributed by atoms with E-state index in [1.807, 2.05) is 11.8 Å². The van der Waals surface area contributed by atoms with Crippen LogP contribution in [0.15, 0.2) is 28.7 Å². The largest absolute Gasteiger partial charge is 0.436 e. The van der Waals surface area contributed by atoms with Crippen LogP contribution < -0.4 is 0 Å². The van der Waals surface area contributed by atoms with E-state index in [1.54, 1.807) is 6.92 Å². The molecule has 0 spiro atoms. The zero-order valence-corrected chi connectivity index (χ0v) is 12.7. The van der Waals surface area contributed by atoms with Crippen molar-refractivity contribution in [2.24, 2.45) is 5.92 Å². The van der Waals surface area contributed by atoms with Crippen molar-refractivity contribution >= 4 is 5.91 Å². The summed E-state index contributed by atoms with van der Waals surface area (Å²) < 4.78 is 5.40. The molecule has 2 heterocycles. The van der Waals surface area contributed by atoms with Crippen LogP contribution in [0.1, 0.15) is 33.3 Å². The lowest BCUT2D eigenvalue weighted by atomic mass is 9.91. The maximum absolute atomic E-state index is 12.3. The molecule has 0 radical (unpaired) electrons. The van der Waals surface area contributed by atoms with Gasteiger partial charge in [-0.3, -0.25) is 4.79 Å². The number of amides is 1. The minimum atomic E-state index is -0.0337. The summed E-state index contributed by atoms with van der Waals surface area (Å²) in [6, 6.07) is 8.57. The molecule has 4 heteroatoms. The maximum Gasteiger partial charge on any atom is 0.291 e. The van der Waals surface area contributed by atoms with E-state index in [2.05, 4.69) is 36.2 Å². The van der Waals surface area contributed by atoms with Crippen LogP contribution in [0.3, 0.4) is 0 Å². The quantitative estimate of drug-likeness (QED) is 0.870. The molecule has 1 saturated heterocycles. The van der Waals surface area contributed by atoms with Gasteiger partial charge in [-0.25, -0.2) is 4.98 Å². The lowest BCUT2D eigenvalue weighted by Crippen LogP contribution is -2.50. The Balaban J connectivity index is 1.58. The molecule has 1 fully saturated rings. The summed E-state index contributed by atoms with van der Waals surface area (Å²) >= 11 is 0. The number of carbonyl (C=O) groups excluding carboxylic acids is 1. The molecule has 4 nitrogen and oxygen atoms in total. The molecular weight excluding hydrogens is 264 g/mol. The maximum atomic E-state index is 12.3. The molecule has 1 amide bonds. The van der Waals surface area contributed by atoms with Gasteiger partial charge in [0.25, 0.3) is 5.91 Å². The summed E-state index contributed by atoms with van der Waals surface area (Å²) in [7, 11) is 0. The van der Waals surface area contributed by atoms with Gasteiger partial charge in [0.1, 0.15) is 0 Å². The SMILES string of the molecule is Cc1cccc(CC2CN(C(=O)c3oc(C)nc3C)C2)c1. The van der Waals surface area contributed by atoms with Crippen LogP contribution in [-0.4, -0.2) is 28.9 Å². The number of hydrogen-bond donors (Lipinski definition) is 0. The minimum absolute atomic E-state index is 0.0337. The summed E-state index contributed by atoms with van der Waals surface area (Å²) in [5.74, 6) is 1.45. The number of carbonyl (C=O) groups is 1. The Labute approximate surface area is 124 Å². The van der Waals surface area contributed by atoms with E-state index in [4.69, 9.17) is 4.42 Å². The average Bonchev–Trinajstić information content (AvgIpc) is 2.72. The first-order valence-corrected chi connectivity index (χ1v) is 7.32. The van der Waals surface area contributed by atoms with Crippen LogP contribution in [-0.2, 0) is 6.42 Å². The van der Waals surface area contributed by atoms with Crippen molar-refractivity contribution in [1.82, 2.24) is 9.88 Å². The zero-order valence-electron chi connectivity index (χ0n) is 12.7. The van der Waals surface area contributed by atoms with E-state index in [0.717, 1.165) is 19.5 Å². The molecule has 110 valence electrons. The fourth-order valence-electron chi connectivity index (χ4n) is 2.91. The number of benzene rings is 1. The third kappa shape index (κ3) is 2.84. The van der Waals surface area contributed by atoms with Gasteiger partial charge < -0.3 is 9.32 Å². The van der Waals surface area contributed by atoms with Crippen LogP contribution >= 0.6 is 0 Å². The van der Waals surface area contributed by atoms with Gasteiger partial charge >= 0.3 is 0 Å². The highest BCUT2D eigenvalue weighted by atomic mass is 16.4. The first-order chi connectivity index (χ1) is 10.0. The number of aromatic nitrogens is 1. The normalized spacial score (nSPS) is 15.1. The van der Waals surface area contributed by atoms with E-state index in [-0.39, 0.29) is 5.91 Å². The highest BCUT2D eigenvalue weighted by Gasteiger charge is 2.33. The van der Waals surface area contributed by atoms with Gasteiger partial charge in [-0.2, -0.15) is 0 Å². The zero-order chi connectivity index (χ0) is 15.0. The second-order valence-corrected chi connectivity index (χ2v) is 5.92. The molecule has 0 atom stereocenters. The summed E-state index contributed by atoms with van der Waals surface area (Å²) in [5, 5.41) is 0. The van der Waals surface area contributed by atoms with Crippen molar-refractivity contribution in [2.75, 3.05) is 13.1 Å². The van der Waals surface area contributed by atoms with Crippen molar-refractivity contribution in [1.29, 1.82) is 0 Å². The van der Waals surface area contributed by atoms with Gasteiger partial charge in [0, 0.05) is 20.0 Å². The fraction of sp³-hybridized carbons (Fsp3) is 0.412. The van der Waals surface area contributed by atoms with Crippen molar-refractivity contribution in [2.45, 2.75) is 27.2 Å². The number of aryl methyl sites for hydroxylation is 3. The number of hydrogen-bond acceptors (Lipinski definition) is 3. The Kier molecular flexibility index (Phi) is 3.53. The Bertz CT molecular complexity index is 669. The van der Waals surface area contributed by atoms with Crippen molar-refractivity contribution in [3.63, 3.8) is 0 Å². The molecule has 0 N–H and O–H groups in total. The first kappa shape index (κ1) is 13.9. The first-order valence-electron chi connectivity index (χ1n) is 7.32. The van der Waals surface area contributed by atoms with Gasteiger partial charge in [-0.1, -0.05) is 29.8 Å². The Hall–Kier alpha value is -2.10. The van der Waals surface area contributed by atoms with Crippen molar-refractivity contribution in [3.05, 3.63) is 52.7 Å². The highest BCUT2D eigenvalue weighted by molar-refractivity contribution is 5.93. The van der Waals surface area contributed by atoms with E-state index >= 15 is 0 Å². The molecule has 0 unspecified atom stereocenters. The Morgan fingerprint density at radius 1 is 1.33 bits per heavy atom. The number of nitrogens with zero attached hydrogens (tertiary/aromatic N) is 2. The molecular formula is C17H20N2O2. The third-order valence-corrected chi connectivity index (χ3v) is 3.95. The van der Waals surface area contributed by atoms with Gasteiger partial charge in [-0.15, -0.1) is 0 Å². The number of rotatable bonds is 3. The van der Waals surface area contributed by atoms with Crippen LogP contribution in [0, 0.1) is 26.7 Å². The van der Waals surface area contributed by atoms with Crippen molar-refractivity contribution in [3.8, 4) is 0 Å². The molecule has 1 aliphatic heterocycles. The summed E-state index contributed by atoms with van der Waals surface area (Å²) in [6.07, 6.45) is 1.03. The summed E-state index contributed by atoms with van der Waals surface area (Å²) in [6.45, 7) is 7.28. The second kappa shape index (κ2) is 5.35. The van der Waals surface area contributed by atoms with Crippen LogP contribution in [0.25, 0.3) is 0 Å². The molecule has 1 aliphatic rings. The van der Waals surface area contributed by atoms with Crippen molar-refractivity contribution < 1.29 is 9.21 Å². The van der Waals surface area contributed by atoms with Crippen LogP contribution in [0.5, 0.6) is 0 Å². The van der Waals surface area contributed by atoms with Crippen LogP contribution in [0.4, 0.5) is 0 Å². The van der Waals surface area contributed by atoms with E-state index in [1.165, 1.54) is 11.1 Å². The van der Waals surface area contributed by atoms with Gasteiger partial charge in [-0.05, 0) is 31.7 Å². The molecule has 0 aliphatic carbocycles. The van der Waals surface area contributed by atoms with E-state index in [0.29, 0.717) is 23.3 Å². The molecule has 2 aromatic rings. The fourth-order valence-corrected chi connectivity index (χ4v) is 2.91. The minimum Gasteiger partial charge on any atom is -0.436 e. The smallest absolute Gasteiger partial charge is 0.291 e. The highest BCUT2D eigenvalue weighted by Crippen LogP contribution is 2.24. The molecule has 0 bridgehead atoms. The predicted molar refractivity (Wildman–Crippen MR) is 80.3 cm³/mol. The van der Waals surface area contributed by atoms with E-state index < -0.39 is 0 Å². The second-order valence-electron chi connectivity index (χ2n) is 5.92. The molecule has 21 heavy (non-hydrogen) atoms. The summed E-state index contributed by atoms with van der Waals surface area (Å²) in [4.78, 5) is 18.3. The summed E-state index contributed by atoms with van der Waals surface area (Å²) in [5.41, 5.74) is 3.31. The lowest BCUT2D eigenvalue weighted by molar-refractivity contribution is 0.0467. The third-order valence-electron chi connectivity index (χ3n) is 3.95. The Morgan fingerprint density at radius 2 is 2.10 bits per heavy atom. The standard InChI is InChI=1S/C17H20N2O2/c1-11-5-4-6-14(7-11)8-15-9-19(10-15)17(20)16-12(2)18-13(3)21-16/h4-7,15H,8-10H2,1-3H3. The molecule has 3 rings (SSSR count). The number of likely N-dealkylation sites (tertiary alicyclic amines) is 1. The molecule has 1 aromatic carbocycles. The number of oxazole rings is 1. The monoisotopic (exact) mass is 284 g/mol. The van der Waals surface area contributed by atoms with Crippen LogP contribution in [0.2, 0.25) is 0 Å². The van der Waals surface area contributed by atoms with E-state index in [9.17, 15) is 4.79 Å². The lowest BCUT2D eigenvalue weighted by Gasteiger charge is -2.39.